The van der Waals surface area contributed by atoms with Crippen LogP contribution in [-0.4, -0.2) is 62.9 Å². The summed E-state index contributed by atoms with van der Waals surface area (Å²) in [6.45, 7) is 3.72. The first kappa shape index (κ1) is 17.4. The third-order valence-electron chi connectivity index (χ3n) is 4.78. The molecule has 3 rings (SSSR count). The molecule has 1 aromatic rings. The van der Waals surface area contributed by atoms with Gasteiger partial charge in [-0.05, 0) is 37.8 Å². The Morgan fingerprint density at radius 3 is 2.29 bits per heavy atom. The Labute approximate surface area is 143 Å². The summed E-state index contributed by atoms with van der Waals surface area (Å²) in [5, 5.41) is 0. The summed E-state index contributed by atoms with van der Waals surface area (Å²) in [6.07, 6.45) is 3.68. The van der Waals surface area contributed by atoms with Gasteiger partial charge < -0.3 is 4.90 Å². The zero-order valence-electron chi connectivity index (χ0n) is 13.9. The second-order valence-electron chi connectivity index (χ2n) is 6.57. The topological polar surface area (TPSA) is 69.7 Å². The molecule has 7 heteroatoms. The van der Waals surface area contributed by atoms with Gasteiger partial charge in [0.2, 0.25) is 15.9 Å². The van der Waals surface area contributed by atoms with E-state index in [1.54, 1.807) is 30.3 Å². The zero-order chi connectivity index (χ0) is 17.0. The van der Waals surface area contributed by atoms with Crippen LogP contribution in [0.15, 0.2) is 35.2 Å². The van der Waals surface area contributed by atoms with Crippen LogP contribution in [0.25, 0.3) is 0 Å². The minimum absolute atomic E-state index is 0.0617. The molecule has 1 amide bonds. The van der Waals surface area contributed by atoms with Crippen LogP contribution in [0.3, 0.4) is 0 Å². The highest BCUT2D eigenvalue weighted by Gasteiger charge is 2.27. The van der Waals surface area contributed by atoms with E-state index in [9.17, 15) is 13.2 Å². The molecule has 1 N–H and O–H groups in total. The molecular formula is C17H25N3O3S. The number of carbonyl (C=O) groups is 1. The summed E-state index contributed by atoms with van der Waals surface area (Å²) >= 11 is 0. The van der Waals surface area contributed by atoms with Crippen molar-refractivity contribution in [3.05, 3.63) is 30.3 Å². The fourth-order valence-electron chi connectivity index (χ4n) is 3.35. The van der Waals surface area contributed by atoms with Crippen LogP contribution in [0.5, 0.6) is 0 Å². The van der Waals surface area contributed by atoms with Crippen LogP contribution >= 0.6 is 0 Å². The molecule has 0 bridgehead atoms. The molecule has 0 spiro atoms. The molecule has 0 atom stereocenters. The van der Waals surface area contributed by atoms with Gasteiger partial charge in [0, 0.05) is 32.2 Å². The molecule has 2 aliphatic heterocycles. The van der Waals surface area contributed by atoms with Crippen molar-refractivity contribution in [1.29, 1.82) is 0 Å². The minimum Gasteiger partial charge on any atom is -0.342 e. The SMILES string of the molecule is O=C(CN1CCC(NS(=O)(=O)c2ccccc2)CC1)N1CCCC1. The molecule has 0 radical (unpaired) electrons. The Kier molecular flexibility index (Phi) is 5.53. The van der Waals surface area contributed by atoms with Crippen LogP contribution in [-0.2, 0) is 14.8 Å². The molecule has 2 aliphatic rings. The van der Waals surface area contributed by atoms with Crippen molar-refractivity contribution in [2.24, 2.45) is 0 Å². The fraction of sp³-hybridized carbons (Fsp3) is 0.588. The molecular weight excluding hydrogens is 326 g/mol. The van der Waals surface area contributed by atoms with Gasteiger partial charge in [0.1, 0.15) is 0 Å². The lowest BCUT2D eigenvalue weighted by Crippen LogP contribution is -2.47. The van der Waals surface area contributed by atoms with Gasteiger partial charge in [-0.15, -0.1) is 0 Å². The molecule has 2 heterocycles. The Morgan fingerprint density at radius 2 is 1.67 bits per heavy atom. The molecule has 0 aromatic heterocycles. The normalized spacial score (nSPS) is 20.4. The van der Waals surface area contributed by atoms with Gasteiger partial charge in [0.05, 0.1) is 11.4 Å². The van der Waals surface area contributed by atoms with Gasteiger partial charge in [0.15, 0.2) is 0 Å². The van der Waals surface area contributed by atoms with Crippen LogP contribution in [0.4, 0.5) is 0 Å². The van der Waals surface area contributed by atoms with Crippen LogP contribution in [0.1, 0.15) is 25.7 Å². The highest BCUT2D eigenvalue weighted by atomic mass is 32.2. The maximum Gasteiger partial charge on any atom is 0.240 e. The Balaban J connectivity index is 1.47. The highest BCUT2D eigenvalue weighted by Crippen LogP contribution is 2.16. The second-order valence-corrected chi connectivity index (χ2v) is 8.29. The van der Waals surface area contributed by atoms with E-state index in [1.165, 1.54) is 0 Å². The van der Waals surface area contributed by atoms with Crippen molar-refractivity contribution < 1.29 is 13.2 Å². The van der Waals surface area contributed by atoms with Gasteiger partial charge >= 0.3 is 0 Å². The standard InChI is InChI=1S/C17H25N3O3S/c21-17(20-10-4-5-11-20)14-19-12-8-15(9-13-19)18-24(22,23)16-6-2-1-3-7-16/h1-3,6-7,15,18H,4-5,8-14H2. The number of likely N-dealkylation sites (tertiary alicyclic amines) is 2. The van der Waals surface area contributed by atoms with Crippen molar-refractivity contribution in [3.63, 3.8) is 0 Å². The lowest BCUT2D eigenvalue weighted by Gasteiger charge is -2.32. The largest absolute Gasteiger partial charge is 0.342 e. The van der Waals surface area contributed by atoms with Gasteiger partial charge in [-0.1, -0.05) is 18.2 Å². The molecule has 24 heavy (non-hydrogen) atoms. The predicted octanol–water partition coefficient (Wildman–Crippen LogP) is 1.05. The van der Waals surface area contributed by atoms with Gasteiger partial charge in [-0.3, -0.25) is 9.69 Å². The minimum atomic E-state index is -3.46. The van der Waals surface area contributed by atoms with E-state index >= 15 is 0 Å². The molecule has 0 unspecified atom stereocenters. The lowest BCUT2D eigenvalue weighted by atomic mass is 10.1. The third kappa shape index (κ3) is 4.34. The molecule has 0 aliphatic carbocycles. The molecule has 1 aromatic carbocycles. The van der Waals surface area contributed by atoms with Crippen molar-refractivity contribution >= 4 is 15.9 Å². The first-order valence-corrected chi connectivity index (χ1v) is 10.1. The smallest absolute Gasteiger partial charge is 0.240 e. The predicted molar refractivity (Wildman–Crippen MR) is 92.0 cm³/mol. The van der Waals surface area contributed by atoms with Crippen molar-refractivity contribution in [2.45, 2.75) is 36.6 Å². The maximum atomic E-state index is 12.3. The van der Waals surface area contributed by atoms with Crippen molar-refractivity contribution in [3.8, 4) is 0 Å². The molecule has 2 fully saturated rings. The van der Waals surface area contributed by atoms with E-state index in [-0.39, 0.29) is 11.9 Å². The second kappa shape index (κ2) is 7.63. The maximum absolute atomic E-state index is 12.3. The van der Waals surface area contributed by atoms with E-state index in [2.05, 4.69) is 9.62 Å². The monoisotopic (exact) mass is 351 g/mol. The average Bonchev–Trinajstić information content (AvgIpc) is 3.12. The zero-order valence-corrected chi connectivity index (χ0v) is 14.7. The number of rotatable bonds is 5. The number of nitrogens with zero attached hydrogens (tertiary/aromatic N) is 2. The quantitative estimate of drug-likeness (QED) is 0.861. The van der Waals surface area contributed by atoms with E-state index in [1.807, 2.05) is 4.90 Å². The summed E-state index contributed by atoms with van der Waals surface area (Å²) < 4.78 is 27.5. The first-order valence-electron chi connectivity index (χ1n) is 8.62. The van der Waals surface area contributed by atoms with Crippen molar-refractivity contribution in [2.75, 3.05) is 32.7 Å². The number of carbonyl (C=O) groups excluding carboxylic acids is 1. The molecule has 132 valence electrons. The third-order valence-corrected chi connectivity index (χ3v) is 6.32. The molecule has 0 saturated carbocycles. The number of sulfonamides is 1. The van der Waals surface area contributed by atoms with E-state index in [0.717, 1.165) is 51.9 Å². The number of piperidine rings is 1. The number of hydrogen-bond acceptors (Lipinski definition) is 4. The van der Waals surface area contributed by atoms with E-state index in [4.69, 9.17) is 0 Å². The van der Waals surface area contributed by atoms with Crippen molar-refractivity contribution in [1.82, 2.24) is 14.5 Å². The Hall–Kier alpha value is -1.44. The number of benzene rings is 1. The summed E-state index contributed by atoms with van der Waals surface area (Å²) in [5.41, 5.74) is 0. The first-order chi connectivity index (χ1) is 11.5. The molecule has 2 saturated heterocycles. The lowest BCUT2D eigenvalue weighted by molar-refractivity contribution is -0.131. The van der Waals surface area contributed by atoms with Crippen LogP contribution in [0, 0.1) is 0 Å². The highest BCUT2D eigenvalue weighted by molar-refractivity contribution is 7.89. The van der Waals surface area contributed by atoms with Gasteiger partial charge in [0.25, 0.3) is 0 Å². The van der Waals surface area contributed by atoms with Gasteiger partial charge in [-0.2, -0.15) is 0 Å². The molecule has 6 nitrogen and oxygen atoms in total. The van der Waals surface area contributed by atoms with Gasteiger partial charge in [-0.25, -0.2) is 13.1 Å². The summed E-state index contributed by atoms with van der Waals surface area (Å²) in [4.78, 5) is 16.6. The van der Waals surface area contributed by atoms with E-state index < -0.39 is 10.0 Å². The number of hydrogen-bond donors (Lipinski definition) is 1. The average molecular weight is 351 g/mol. The number of nitrogens with one attached hydrogen (secondary N) is 1. The summed E-state index contributed by atoms with van der Waals surface area (Å²) in [5.74, 6) is 0.204. The summed E-state index contributed by atoms with van der Waals surface area (Å²) in [6, 6.07) is 8.39. The number of amides is 1. The van der Waals surface area contributed by atoms with Crippen LogP contribution in [0.2, 0.25) is 0 Å². The van der Waals surface area contributed by atoms with E-state index in [0.29, 0.717) is 11.4 Å². The summed E-state index contributed by atoms with van der Waals surface area (Å²) in [7, 11) is -3.46. The Bertz CT molecular complexity index is 649. The Morgan fingerprint density at radius 1 is 1.04 bits per heavy atom. The fourth-order valence-corrected chi connectivity index (χ4v) is 4.68. The van der Waals surface area contributed by atoms with Crippen LogP contribution < -0.4 is 4.72 Å².